The number of methoxy groups -OCH3 is 1. The molecule has 4 aromatic rings. The van der Waals surface area contributed by atoms with Gasteiger partial charge >= 0.3 is 0 Å². The van der Waals surface area contributed by atoms with Crippen LogP contribution in [0, 0.1) is 5.82 Å². The van der Waals surface area contributed by atoms with Gasteiger partial charge in [-0.2, -0.15) is 0 Å². The van der Waals surface area contributed by atoms with Gasteiger partial charge in [-0.05, 0) is 78.9 Å². The molecule has 0 aliphatic rings. The highest BCUT2D eigenvalue weighted by Gasteiger charge is 2.28. The van der Waals surface area contributed by atoms with Crippen LogP contribution in [0.3, 0.4) is 0 Å². The van der Waals surface area contributed by atoms with Crippen LogP contribution < -0.4 is 19.1 Å². The van der Waals surface area contributed by atoms with Gasteiger partial charge in [-0.15, -0.1) is 0 Å². The number of carbonyl (C=O) groups is 1. The number of anilines is 2. The van der Waals surface area contributed by atoms with E-state index in [4.69, 9.17) is 21.1 Å². The fourth-order valence-corrected chi connectivity index (χ4v) is 5.01. The Morgan fingerprint density at radius 1 is 0.919 bits per heavy atom. The number of rotatable bonds is 9. The summed E-state index contributed by atoms with van der Waals surface area (Å²) in [7, 11) is -2.75. The van der Waals surface area contributed by atoms with Crippen LogP contribution in [-0.2, 0) is 14.8 Å². The minimum atomic E-state index is -4.21. The number of sulfonamides is 1. The summed E-state index contributed by atoms with van der Waals surface area (Å²) in [4.78, 5) is 13.1. The molecule has 1 amide bonds. The highest BCUT2D eigenvalue weighted by molar-refractivity contribution is 7.92. The van der Waals surface area contributed by atoms with E-state index in [1.54, 1.807) is 36.4 Å². The molecule has 0 saturated heterocycles. The third kappa shape index (κ3) is 6.38. The Morgan fingerprint density at radius 3 is 2.24 bits per heavy atom. The molecule has 1 N–H and O–H groups in total. The Labute approximate surface area is 219 Å². The summed E-state index contributed by atoms with van der Waals surface area (Å²) >= 11 is 6.14. The van der Waals surface area contributed by atoms with Crippen LogP contribution in [0.25, 0.3) is 0 Å². The quantitative estimate of drug-likeness (QED) is 0.277. The molecule has 0 spiro atoms. The van der Waals surface area contributed by atoms with E-state index >= 15 is 0 Å². The molecular formula is C27H22ClFN2O5S. The second kappa shape index (κ2) is 11.3. The normalized spacial score (nSPS) is 11.0. The molecule has 37 heavy (non-hydrogen) atoms. The lowest BCUT2D eigenvalue weighted by atomic mass is 10.2. The third-order valence-electron chi connectivity index (χ3n) is 5.24. The number of hydrogen-bond donors (Lipinski definition) is 1. The fourth-order valence-electron chi connectivity index (χ4n) is 3.42. The van der Waals surface area contributed by atoms with E-state index in [1.807, 2.05) is 6.07 Å². The molecule has 0 fully saturated rings. The summed E-state index contributed by atoms with van der Waals surface area (Å²) < 4.78 is 52.5. The monoisotopic (exact) mass is 540 g/mol. The summed E-state index contributed by atoms with van der Waals surface area (Å²) in [5.74, 6) is 0.112. The van der Waals surface area contributed by atoms with Gasteiger partial charge in [0.05, 0.1) is 23.4 Å². The van der Waals surface area contributed by atoms with Crippen molar-refractivity contribution in [3.05, 3.63) is 108 Å². The lowest BCUT2D eigenvalue weighted by Crippen LogP contribution is -2.38. The average Bonchev–Trinajstić information content (AvgIpc) is 2.90. The highest BCUT2D eigenvalue weighted by atomic mass is 35.5. The van der Waals surface area contributed by atoms with E-state index in [9.17, 15) is 17.6 Å². The van der Waals surface area contributed by atoms with Gasteiger partial charge in [-0.3, -0.25) is 9.10 Å². The maximum absolute atomic E-state index is 13.6. The van der Waals surface area contributed by atoms with Gasteiger partial charge in [0.25, 0.3) is 10.0 Å². The second-order valence-corrected chi connectivity index (χ2v) is 10.1. The molecule has 4 aromatic carbocycles. The van der Waals surface area contributed by atoms with Crippen LogP contribution >= 0.6 is 11.6 Å². The molecule has 190 valence electrons. The first kappa shape index (κ1) is 26.0. The minimum Gasteiger partial charge on any atom is -0.497 e. The zero-order valence-corrected chi connectivity index (χ0v) is 21.2. The van der Waals surface area contributed by atoms with Crippen LogP contribution in [-0.4, -0.2) is 28.0 Å². The maximum atomic E-state index is 13.6. The van der Waals surface area contributed by atoms with Gasteiger partial charge in [-0.25, -0.2) is 12.8 Å². The van der Waals surface area contributed by atoms with E-state index < -0.39 is 28.3 Å². The number of nitrogens with one attached hydrogen (secondary N) is 1. The molecule has 7 nitrogen and oxygen atoms in total. The van der Waals surface area contributed by atoms with Crippen molar-refractivity contribution < 1.29 is 27.1 Å². The lowest BCUT2D eigenvalue weighted by Gasteiger charge is -2.24. The zero-order chi connectivity index (χ0) is 26.4. The summed E-state index contributed by atoms with van der Waals surface area (Å²) in [5.41, 5.74) is 0.362. The fraction of sp³-hybridized carbons (Fsp3) is 0.0741. The number of nitrogens with zero attached hydrogens (tertiary/aromatic N) is 1. The Morgan fingerprint density at radius 2 is 1.59 bits per heavy atom. The van der Waals surface area contributed by atoms with Gasteiger partial charge in [0.15, 0.2) is 5.75 Å². The largest absolute Gasteiger partial charge is 0.497 e. The van der Waals surface area contributed by atoms with Gasteiger partial charge in [0, 0.05) is 5.02 Å². The number of halogens is 2. The van der Waals surface area contributed by atoms with Crippen molar-refractivity contribution in [1.29, 1.82) is 0 Å². The standard InChI is InChI=1S/C27H22ClFN2O5S/c1-35-22-12-14-24(15-13-22)37(33,34)31(21-10-8-20(29)9-11-21)18-27(32)30-25-17-19(28)7-16-26(25)36-23-5-3-2-4-6-23/h2-17H,18H2,1H3,(H,30,32). The molecule has 0 aromatic heterocycles. The van der Waals surface area contributed by atoms with E-state index in [-0.39, 0.29) is 16.3 Å². The average molecular weight is 541 g/mol. The number of ether oxygens (including phenoxy) is 2. The molecule has 0 aliphatic carbocycles. The minimum absolute atomic E-state index is 0.0683. The topological polar surface area (TPSA) is 84.9 Å². The summed E-state index contributed by atoms with van der Waals surface area (Å²) in [6, 6.07) is 24.2. The maximum Gasteiger partial charge on any atom is 0.264 e. The van der Waals surface area contributed by atoms with Crippen LogP contribution in [0.4, 0.5) is 15.8 Å². The van der Waals surface area contributed by atoms with Crippen molar-refractivity contribution in [3.63, 3.8) is 0 Å². The number of amides is 1. The molecule has 0 heterocycles. The molecule has 0 atom stereocenters. The predicted molar refractivity (Wildman–Crippen MR) is 141 cm³/mol. The van der Waals surface area contributed by atoms with Gasteiger partial charge in [-0.1, -0.05) is 29.8 Å². The van der Waals surface area contributed by atoms with E-state index in [0.717, 1.165) is 16.4 Å². The number of para-hydroxylation sites is 1. The Balaban J connectivity index is 1.63. The number of carbonyl (C=O) groups excluding carboxylic acids is 1. The molecule has 0 aliphatic heterocycles. The van der Waals surface area contributed by atoms with Crippen molar-refractivity contribution in [3.8, 4) is 17.2 Å². The van der Waals surface area contributed by atoms with Gasteiger partial charge in [0.2, 0.25) is 5.91 Å². The van der Waals surface area contributed by atoms with Crippen molar-refractivity contribution in [2.45, 2.75) is 4.90 Å². The number of hydrogen-bond acceptors (Lipinski definition) is 5. The first-order valence-electron chi connectivity index (χ1n) is 11.0. The molecule has 0 bridgehead atoms. The number of benzene rings is 4. The first-order chi connectivity index (χ1) is 17.8. The van der Waals surface area contributed by atoms with E-state index in [1.165, 1.54) is 49.6 Å². The lowest BCUT2D eigenvalue weighted by molar-refractivity contribution is -0.114. The van der Waals surface area contributed by atoms with Gasteiger partial charge in [0.1, 0.15) is 23.9 Å². The Bertz CT molecular complexity index is 1480. The van der Waals surface area contributed by atoms with E-state index in [2.05, 4.69) is 5.32 Å². The van der Waals surface area contributed by atoms with Gasteiger partial charge < -0.3 is 14.8 Å². The molecule has 0 unspecified atom stereocenters. The van der Waals surface area contributed by atoms with Crippen LogP contribution in [0.5, 0.6) is 17.2 Å². The molecule has 10 heteroatoms. The highest BCUT2D eigenvalue weighted by Crippen LogP contribution is 2.32. The van der Waals surface area contributed by atoms with Crippen LogP contribution in [0.1, 0.15) is 0 Å². The second-order valence-electron chi connectivity index (χ2n) is 7.77. The smallest absolute Gasteiger partial charge is 0.264 e. The first-order valence-corrected chi connectivity index (χ1v) is 12.8. The van der Waals surface area contributed by atoms with Crippen LogP contribution in [0.15, 0.2) is 102 Å². The Hall–Kier alpha value is -4.08. The molecule has 0 saturated carbocycles. The molecule has 0 radical (unpaired) electrons. The van der Waals surface area contributed by atoms with Crippen molar-refractivity contribution >= 4 is 38.9 Å². The summed E-state index contributed by atoms with van der Waals surface area (Å²) in [6.07, 6.45) is 0. The van der Waals surface area contributed by atoms with Crippen LogP contribution in [0.2, 0.25) is 5.02 Å². The van der Waals surface area contributed by atoms with Crippen molar-refractivity contribution in [1.82, 2.24) is 0 Å². The SMILES string of the molecule is COc1ccc(S(=O)(=O)N(CC(=O)Nc2cc(Cl)ccc2Oc2ccccc2)c2ccc(F)cc2)cc1. The van der Waals surface area contributed by atoms with E-state index in [0.29, 0.717) is 22.3 Å². The van der Waals surface area contributed by atoms with Crippen molar-refractivity contribution in [2.24, 2.45) is 0 Å². The third-order valence-corrected chi connectivity index (χ3v) is 7.26. The summed E-state index contributed by atoms with van der Waals surface area (Å²) in [5, 5.41) is 3.02. The Kier molecular flexibility index (Phi) is 7.95. The summed E-state index contributed by atoms with van der Waals surface area (Å²) in [6.45, 7) is -0.600. The molecular weight excluding hydrogens is 519 g/mol. The predicted octanol–water partition coefficient (Wildman–Crippen LogP) is 6.11. The van der Waals surface area contributed by atoms with Crippen molar-refractivity contribution in [2.75, 3.05) is 23.3 Å². The molecule has 4 rings (SSSR count). The zero-order valence-electron chi connectivity index (χ0n) is 19.6.